The second-order valence-corrected chi connectivity index (χ2v) is 8.70. The van der Waals surface area contributed by atoms with Gasteiger partial charge in [0.25, 0.3) is 11.8 Å². The molecule has 1 heterocycles. The summed E-state index contributed by atoms with van der Waals surface area (Å²) in [7, 11) is 0. The number of hydrogen-bond acceptors (Lipinski definition) is 4. The molecule has 1 saturated heterocycles. The average Bonchev–Trinajstić information content (AvgIpc) is 3.57. The van der Waals surface area contributed by atoms with Gasteiger partial charge in [0.15, 0.2) is 0 Å². The van der Waals surface area contributed by atoms with E-state index in [1.807, 2.05) is 54.6 Å². The van der Waals surface area contributed by atoms with Gasteiger partial charge in [0.05, 0.1) is 18.1 Å². The molecule has 0 aromatic heterocycles. The van der Waals surface area contributed by atoms with Crippen molar-refractivity contribution in [3.8, 4) is 5.75 Å². The zero-order valence-corrected chi connectivity index (χ0v) is 16.4. The summed E-state index contributed by atoms with van der Waals surface area (Å²) >= 11 is 0. The number of hydrazone groups is 1. The normalized spacial score (nSPS) is 33.1. The summed E-state index contributed by atoms with van der Waals surface area (Å²) in [5.74, 6) is 1.54. The number of rotatable bonds is 5. The number of amides is 2. The van der Waals surface area contributed by atoms with Gasteiger partial charge in [-0.15, -0.1) is 0 Å². The first kappa shape index (κ1) is 17.6. The minimum Gasteiger partial charge on any atom is -0.488 e. The van der Waals surface area contributed by atoms with Gasteiger partial charge in [0.2, 0.25) is 0 Å². The predicted octanol–water partition coefficient (Wildman–Crippen LogP) is 3.65. The van der Waals surface area contributed by atoms with Gasteiger partial charge in [0.1, 0.15) is 12.4 Å². The van der Waals surface area contributed by atoms with E-state index in [4.69, 9.17) is 4.74 Å². The maximum atomic E-state index is 13.0. The number of carbonyl (C=O) groups excluding carboxylic acids is 2. The molecule has 150 valence electrons. The number of allylic oxidation sites excluding steroid dienone is 2. The van der Waals surface area contributed by atoms with E-state index in [1.54, 1.807) is 6.21 Å². The molecule has 0 spiro atoms. The van der Waals surface area contributed by atoms with Gasteiger partial charge in [-0.25, -0.2) is 0 Å². The fourth-order valence-corrected chi connectivity index (χ4v) is 5.63. The van der Waals surface area contributed by atoms with Gasteiger partial charge in [-0.05, 0) is 47.8 Å². The Labute approximate surface area is 175 Å². The lowest BCUT2D eigenvalue weighted by Crippen LogP contribution is -2.40. The van der Waals surface area contributed by atoms with Crippen molar-refractivity contribution in [2.24, 2.45) is 40.6 Å². The van der Waals surface area contributed by atoms with E-state index in [0.29, 0.717) is 24.2 Å². The van der Waals surface area contributed by atoms with E-state index in [-0.39, 0.29) is 35.5 Å². The molecule has 5 heteroatoms. The minimum atomic E-state index is -0.224. The minimum absolute atomic E-state index is 0.145. The average molecular weight is 398 g/mol. The maximum absolute atomic E-state index is 13.0. The lowest BCUT2D eigenvalue weighted by Gasteiger charge is -2.37. The number of nitrogens with zero attached hydrogens (tertiary/aromatic N) is 2. The lowest BCUT2D eigenvalue weighted by atomic mass is 9.63. The largest absolute Gasteiger partial charge is 0.488 e. The highest BCUT2D eigenvalue weighted by Gasteiger charge is 2.67. The van der Waals surface area contributed by atoms with E-state index in [2.05, 4.69) is 17.3 Å². The molecular weight excluding hydrogens is 376 g/mol. The molecule has 5 nitrogen and oxygen atoms in total. The third kappa shape index (κ3) is 2.65. The summed E-state index contributed by atoms with van der Waals surface area (Å²) in [5.41, 5.74) is 1.81. The molecule has 7 rings (SSSR count). The quantitative estimate of drug-likeness (QED) is 0.439. The molecule has 2 bridgehead atoms. The first-order valence-electron chi connectivity index (χ1n) is 10.6. The van der Waals surface area contributed by atoms with E-state index in [1.165, 1.54) is 0 Å². The number of para-hydroxylation sites is 1. The summed E-state index contributed by atoms with van der Waals surface area (Å²) in [6.45, 7) is 0.440. The van der Waals surface area contributed by atoms with Crippen molar-refractivity contribution >= 4 is 18.0 Å². The second kappa shape index (κ2) is 6.66. The second-order valence-electron chi connectivity index (χ2n) is 8.70. The molecule has 0 N–H and O–H groups in total. The molecule has 2 aromatic rings. The van der Waals surface area contributed by atoms with Crippen molar-refractivity contribution < 1.29 is 14.3 Å². The lowest BCUT2D eigenvalue weighted by molar-refractivity contribution is -0.140. The third-order valence-electron chi connectivity index (χ3n) is 7.11. The molecule has 3 fully saturated rings. The van der Waals surface area contributed by atoms with Crippen molar-refractivity contribution in [3.05, 3.63) is 77.9 Å². The summed E-state index contributed by atoms with van der Waals surface area (Å²) in [5, 5.41) is 5.45. The zero-order valence-electron chi connectivity index (χ0n) is 16.4. The van der Waals surface area contributed by atoms with Crippen LogP contribution in [-0.2, 0) is 16.2 Å². The number of carbonyl (C=O) groups is 2. The van der Waals surface area contributed by atoms with Crippen LogP contribution in [0.3, 0.4) is 0 Å². The Hall–Kier alpha value is -3.21. The van der Waals surface area contributed by atoms with Crippen LogP contribution in [0.15, 0.2) is 71.9 Å². The Balaban J connectivity index is 1.22. The predicted molar refractivity (Wildman–Crippen MR) is 111 cm³/mol. The summed E-state index contributed by atoms with van der Waals surface area (Å²) in [6.07, 6.45) is 7.07. The molecule has 0 radical (unpaired) electrons. The Morgan fingerprint density at radius 1 is 0.900 bits per heavy atom. The smallest absolute Gasteiger partial charge is 0.254 e. The third-order valence-corrected chi connectivity index (χ3v) is 7.11. The highest BCUT2D eigenvalue weighted by molar-refractivity contribution is 6.06. The Kier molecular flexibility index (Phi) is 3.91. The molecule has 4 aliphatic carbocycles. The van der Waals surface area contributed by atoms with E-state index in [0.717, 1.165) is 22.6 Å². The van der Waals surface area contributed by atoms with Gasteiger partial charge in [-0.1, -0.05) is 54.6 Å². The summed E-state index contributed by atoms with van der Waals surface area (Å²) in [6, 6.07) is 17.5. The van der Waals surface area contributed by atoms with Crippen molar-refractivity contribution in [3.63, 3.8) is 0 Å². The van der Waals surface area contributed by atoms with Crippen molar-refractivity contribution in [1.82, 2.24) is 5.01 Å². The van der Waals surface area contributed by atoms with Crippen LogP contribution in [0.25, 0.3) is 0 Å². The van der Waals surface area contributed by atoms with Crippen molar-refractivity contribution in [1.29, 1.82) is 0 Å². The molecule has 0 unspecified atom stereocenters. The van der Waals surface area contributed by atoms with Crippen LogP contribution in [0.2, 0.25) is 0 Å². The summed E-state index contributed by atoms with van der Waals surface area (Å²) in [4.78, 5) is 26.1. The molecule has 1 aliphatic heterocycles. The van der Waals surface area contributed by atoms with Gasteiger partial charge < -0.3 is 4.74 Å². The van der Waals surface area contributed by atoms with E-state index >= 15 is 0 Å². The number of hydrogen-bond donors (Lipinski definition) is 0. The Morgan fingerprint density at radius 3 is 2.23 bits per heavy atom. The highest BCUT2D eigenvalue weighted by atomic mass is 16.5. The molecular formula is C25H22N2O3. The van der Waals surface area contributed by atoms with Crippen LogP contribution in [0.4, 0.5) is 0 Å². The Morgan fingerprint density at radius 2 is 1.53 bits per heavy atom. The van der Waals surface area contributed by atoms with Crippen LogP contribution in [0, 0.1) is 35.5 Å². The van der Waals surface area contributed by atoms with Crippen molar-refractivity contribution in [2.45, 2.75) is 13.0 Å². The van der Waals surface area contributed by atoms with Gasteiger partial charge >= 0.3 is 0 Å². The highest BCUT2D eigenvalue weighted by Crippen LogP contribution is 2.65. The van der Waals surface area contributed by atoms with Crippen molar-refractivity contribution in [2.75, 3.05) is 0 Å². The molecule has 2 aromatic carbocycles. The SMILES string of the molecule is O=C1[C@@H]2[C@H]3C=C[C@@H]([C@@H]4C[C@@H]34)[C@H]2C(=O)N1/N=C\c1ccccc1OCc1ccccc1. The first-order valence-corrected chi connectivity index (χ1v) is 10.6. The number of ether oxygens (including phenoxy) is 1. The fourth-order valence-electron chi connectivity index (χ4n) is 5.63. The molecule has 30 heavy (non-hydrogen) atoms. The molecule has 2 amide bonds. The van der Waals surface area contributed by atoms with Crippen LogP contribution < -0.4 is 4.74 Å². The molecule has 5 aliphatic rings. The number of imide groups is 1. The molecule has 2 saturated carbocycles. The number of benzene rings is 2. The van der Waals surface area contributed by atoms with Crippen LogP contribution in [0.1, 0.15) is 17.5 Å². The monoisotopic (exact) mass is 398 g/mol. The van der Waals surface area contributed by atoms with Crippen LogP contribution in [0.5, 0.6) is 5.75 Å². The maximum Gasteiger partial charge on any atom is 0.254 e. The molecule has 6 atom stereocenters. The standard InChI is InChI=1S/C25H22N2O3/c28-24-22-17-10-11-18(20-12-19(17)20)23(22)25(29)27(24)26-13-16-8-4-5-9-21(16)30-14-15-6-2-1-3-7-15/h1-11,13,17-20,22-23H,12,14H2/b26-13-/t17-,18-,19-,20-,22+,23+/m0/s1. The first-order chi connectivity index (χ1) is 14.7. The van der Waals surface area contributed by atoms with E-state index < -0.39 is 0 Å². The zero-order chi connectivity index (χ0) is 20.2. The van der Waals surface area contributed by atoms with Crippen LogP contribution in [-0.4, -0.2) is 23.0 Å². The van der Waals surface area contributed by atoms with Gasteiger partial charge in [-0.3, -0.25) is 9.59 Å². The summed E-state index contributed by atoms with van der Waals surface area (Å²) < 4.78 is 5.96. The Bertz CT molecular complexity index is 1040. The van der Waals surface area contributed by atoms with Gasteiger partial charge in [-0.2, -0.15) is 10.1 Å². The van der Waals surface area contributed by atoms with E-state index in [9.17, 15) is 9.59 Å². The van der Waals surface area contributed by atoms with Crippen LogP contribution >= 0.6 is 0 Å². The van der Waals surface area contributed by atoms with Gasteiger partial charge in [0, 0.05) is 5.56 Å². The fraction of sp³-hybridized carbons (Fsp3) is 0.320. The topological polar surface area (TPSA) is 59.0 Å².